The number of halogens is 2. The molecule has 10 heteroatoms. The molecule has 0 aliphatic heterocycles. The van der Waals surface area contributed by atoms with E-state index >= 15 is 0 Å². The first-order valence-electron chi connectivity index (χ1n) is 7.08. The van der Waals surface area contributed by atoms with Gasteiger partial charge >= 0.3 is 5.97 Å². The van der Waals surface area contributed by atoms with Gasteiger partial charge in [-0.15, -0.1) is 0 Å². The molecule has 132 valence electrons. The number of nitrogens with one attached hydrogen (secondary N) is 1. The van der Waals surface area contributed by atoms with Crippen molar-refractivity contribution in [3.05, 3.63) is 39.5 Å². The van der Waals surface area contributed by atoms with Crippen LogP contribution in [0.25, 0.3) is 0 Å². The van der Waals surface area contributed by atoms with Gasteiger partial charge in [-0.1, -0.05) is 39.3 Å². The number of ether oxygens (including phenoxy) is 1. The first-order chi connectivity index (χ1) is 11.9. The quantitative estimate of drug-likeness (QED) is 0.399. The molecule has 25 heavy (non-hydrogen) atoms. The van der Waals surface area contributed by atoms with Crippen LogP contribution in [0.15, 0.2) is 34.0 Å². The molecule has 0 spiro atoms. The molecule has 0 aliphatic carbocycles. The molecule has 0 bridgehead atoms. The number of nitrogens with two attached hydrogens (primary N) is 1. The Morgan fingerprint density at radius 2 is 2.20 bits per heavy atom. The summed E-state index contributed by atoms with van der Waals surface area (Å²) in [5.41, 5.74) is 6.33. The number of carbonyl (C=O) groups is 2. The Bertz CT molecular complexity index is 806. The van der Waals surface area contributed by atoms with Crippen LogP contribution in [-0.4, -0.2) is 34.2 Å². The van der Waals surface area contributed by atoms with Gasteiger partial charge in [-0.2, -0.15) is 0 Å². The van der Waals surface area contributed by atoms with Crippen molar-refractivity contribution in [3.63, 3.8) is 0 Å². The lowest BCUT2D eigenvalue weighted by molar-refractivity contribution is -0.113. The maximum Gasteiger partial charge on any atom is 0.343 e. The van der Waals surface area contributed by atoms with Crippen LogP contribution >= 0.6 is 39.3 Å². The van der Waals surface area contributed by atoms with Crippen LogP contribution in [0.1, 0.15) is 17.3 Å². The summed E-state index contributed by atoms with van der Waals surface area (Å²) in [6, 6.07) is 5.15. The number of carbonyl (C=O) groups excluding carboxylic acids is 2. The Morgan fingerprint density at radius 3 is 2.84 bits per heavy atom. The van der Waals surface area contributed by atoms with E-state index < -0.39 is 5.97 Å². The van der Waals surface area contributed by atoms with Crippen LogP contribution in [-0.2, 0) is 9.53 Å². The minimum atomic E-state index is -0.584. The highest BCUT2D eigenvalue weighted by molar-refractivity contribution is 9.10. The first kappa shape index (κ1) is 19.5. The van der Waals surface area contributed by atoms with Gasteiger partial charge in [0, 0.05) is 10.7 Å². The second kappa shape index (κ2) is 9.02. The number of thioether (sulfide) groups is 1. The molecule has 1 heterocycles. The van der Waals surface area contributed by atoms with Crippen molar-refractivity contribution in [2.75, 3.05) is 23.4 Å². The Morgan fingerprint density at radius 1 is 1.44 bits per heavy atom. The lowest BCUT2D eigenvalue weighted by Crippen LogP contribution is -2.15. The normalized spacial score (nSPS) is 10.4. The molecule has 0 saturated heterocycles. The molecule has 1 aromatic heterocycles. The van der Waals surface area contributed by atoms with Crippen molar-refractivity contribution >= 4 is 62.7 Å². The van der Waals surface area contributed by atoms with Crippen molar-refractivity contribution in [2.24, 2.45) is 0 Å². The first-order valence-corrected chi connectivity index (χ1v) is 9.23. The van der Waals surface area contributed by atoms with Gasteiger partial charge in [-0.25, -0.2) is 14.8 Å². The number of rotatable bonds is 6. The zero-order valence-electron chi connectivity index (χ0n) is 13.1. The van der Waals surface area contributed by atoms with E-state index in [1.165, 1.54) is 6.20 Å². The second-order valence-corrected chi connectivity index (χ2v) is 6.90. The molecule has 0 unspecified atom stereocenters. The Kier molecular flexibility index (Phi) is 7.03. The summed E-state index contributed by atoms with van der Waals surface area (Å²) in [4.78, 5) is 31.6. The van der Waals surface area contributed by atoms with Gasteiger partial charge in [0.25, 0.3) is 0 Å². The smallest absolute Gasteiger partial charge is 0.343 e. The third-order valence-corrected chi connectivity index (χ3v) is 4.50. The average molecular weight is 446 g/mol. The van der Waals surface area contributed by atoms with Crippen LogP contribution in [0.5, 0.6) is 0 Å². The Labute approximate surface area is 161 Å². The number of aromatic nitrogens is 2. The molecule has 7 nitrogen and oxygen atoms in total. The molecule has 1 amide bonds. The van der Waals surface area contributed by atoms with Gasteiger partial charge in [0.2, 0.25) is 5.91 Å². The number of hydrogen-bond donors (Lipinski definition) is 2. The molecule has 2 rings (SSSR count). The number of nitrogens with zero attached hydrogens (tertiary/aromatic N) is 2. The number of esters is 1. The number of anilines is 2. The van der Waals surface area contributed by atoms with E-state index in [2.05, 4.69) is 31.2 Å². The fourth-order valence-corrected chi connectivity index (χ4v) is 3.06. The highest BCUT2D eigenvalue weighted by Crippen LogP contribution is 2.26. The van der Waals surface area contributed by atoms with E-state index in [1.807, 2.05) is 0 Å². The van der Waals surface area contributed by atoms with Crippen LogP contribution in [0.4, 0.5) is 11.5 Å². The summed E-state index contributed by atoms with van der Waals surface area (Å²) in [7, 11) is 0. The molecule has 0 saturated carbocycles. The summed E-state index contributed by atoms with van der Waals surface area (Å²) in [6.07, 6.45) is 1.28. The lowest BCUT2D eigenvalue weighted by Gasteiger charge is -2.08. The van der Waals surface area contributed by atoms with Crippen molar-refractivity contribution in [3.8, 4) is 0 Å². The van der Waals surface area contributed by atoms with Gasteiger partial charge in [-0.3, -0.25) is 4.79 Å². The molecule has 0 fully saturated rings. The topological polar surface area (TPSA) is 107 Å². The SMILES string of the molecule is CCOC(=O)c1cnc(SCC(=O)Nc2ccc(Br)cc2Cl)nc1N. The summed E-state index contributed by atoms with van der Waals surface area (Å²) < 4.78 is 5.66. The van der Waals surface area contributed by atoms with Crippen molar-refractivity contribution in [2.45, 2.75) is 12.1 Å². The summed E-state index contributed by atoms with van der Waals surface area (Å²) >= 11 is 10.4. The fourth-order valence-electron chi connectivity index (χ4n) is 1.72. The third-order valence-electron chi connectivity index (χ3n) is 2.83. The minimum Gasteiger partial charge on any atom is -0.462 e. The molecule has 1 aromatic carbocycles. The highest BCUT2D eigenvalue weighted by atomic mass is 79.9. The average Bonchev–Trinajstić information content (AvgIpc) is 2.56. The maximum atomic E-state index is 12.0. The van der Waals surface area contributed by atoms with Crippen molar-refractivity contribution in [1.82, 2.24) is 9.97 Å². The number of nitrogen functional groups attached to an aromatic ring is 1. The molecule has 2 aromatic rings. The molecular weight excluding hydrogens is 432 g/mol. The van der Waals surface area contributed by atoms with Crippen LogP contribution in [0, 0.1) is 0 Å². The molecule has 0 radical (unpaired) electrons. The predicted molar refractivity (Wildman–Crippen MR) is 101 cm³/mol. The van der Waals surface area contributed by atoms with Crippen molar-refractivity contribution in [1.29, 1.82) is 0 Å². The molecule has 0 aliphatic rings. The van der Waals surface area contributed by atoms with E-state index in [-0.39, 0.29) is 34.8 Å². The van der Waals surface area contributed by atoms with Gasteiger partial charge in [-0.05, 0) is 25.1 Å². The predicted octanol–water partition coefficient (Wildman–Crippen LogP) is 3.38. The zero-order chi connectivity index (χ0) is 18.4. The maximum absolute atomic E-state index is 12.0. The largest absolute Gasteiger partial charge is 0.462 e. The number of amides is 1. The molecule has 0 atom stereocenters. The van der Waals surface area contributed by atoms with E-state index in [1.54, 1.807) is 25.1 Å². The van der Waals surface area contributed by atoms with E-state index in [9.17, 15) is 9.59 Å². The third kappa shape index (κ3) is 5.58. The second-order valence-electron chi connectivity index (χ2n) is 4.63. The van der Waals surface area contributed by atoms with Crippen LogP contribution in [0.3, 0.4) is 0 Å². The summed E-state index contributed by atoms with van der Waals surface area (Å²) in [5, 5.41) is 3.40. The Balaban J connectivity index is 1.95. The fraction of sp³-hybridized carbons (Fsp3) is 0.200. The summed E-state index contributed by atoms with van der Waals surface area (Å²) in [5.74, 6) is -0.790. The van der Waals surface area contributed by atoms with Gasteiger partial charge in [0.15, 0.2) is 5.16 Å². The van der Waals surface area contributed by atoms with Crippen LogP contribution < -0.4 is 11.1 Å². The van der Waals surface area contributed by atoms with E-state index in [4.69, 9.17) is 22.1 Å². The van der Waals surface area contributed by atoms with Crippen molar-refractivity contribution < 1.29 is 14.3 Å². The Hall–Kier alpha value is -1.84. The van der Waals surface area contributed by atoms with Gasteiger partial charge in [0.05, 0.1) is 23.1 Å². The van der Waals surface area contributed by atoms with Gasteiger partial charge < -0.3 is 15.8 Å². The van der Waals surface area contributed by atoms with Crippen LogP contribution in [0.2, 0.25) is 5.02 Å². The van der Waals surface area contributed by atoms with E-state index in [0.717, 1.165) is 16.2 Å². The van der Waals surface area contributed by atoms with Gasteiger partial charge in [0.1, 0.15) is 11.4 Å². The lowest BCUT2D eigenvalue weighted by atomic mass is 10.3. The molecular formula is C15H14BrClN4O3S. The van der Waals surface area contributed by atoms with E-state index in [0.29, 0.717) is 10.7 Å². The monoisotopic (exact) mass is 444 g/mol. The zero-order valence-corrected chi connectivity index (χ0v) is 16.2. The molecule has 3 N–H and O–H groups in total. The minimum absolute atomic E-state index is 0.00677. The standard InChI is InChI=1S/C15H14BrClN4O3S/c1-2-24-14(23)9-6-19-15(21-13(9)18)25-7-12(22)20-11-4-3-8(16)5-10(11)17/h3-6H,2,7H2,1H3,(H,20,22)(H2,18,19,21). The highest BCUT2D eigenvalue weighted by Gasteiger charge is 2.14. The summed E-state index contributed by atoms with van der Waals surface area (Å²) in [6.45, 7) is 1.92. The number of benzene rings is 1. The number of hydrogen-bond acceptors (Lipinski definition) is 7.